The molecule has 1 fully saturated rings. The highest BCUT2D eigenvalue weighted by molar-refractivity contribution is 7.87. The van der Waals surface area contributed by atoms with E-state index >= 15 is 0 Å². The molecule has 0 spiro atoms. The summed E-state index contributed by atoms with van der Waals surface area (Å²) in [6, 6.07) is 4.34. The van der Waals surface area contributed by atoms with Crippen LogP contribution in [-0.4, -0.2) is 37.5 Å². The number of rotatable bonds is 4. The van der Waals surface area contributed by atoms with Crippen LogP contribution >= 0.6 is 0 Å². The topological polar surface area (TPSA) is 126 Å². The third-order valence-corrected chi connectivity index (χ3v) is 5.08. The molecule has 0 amide bonds. The summed E-state index contributed by atoms with van der Waals surface area (Å²) in [5, 5.41) is 0.204. The zero-order valence-electron chi connectivity index (χ0n) is 13.9. The molecule has 3 rings (SSSR count). The van der Waals surface area contributed by atoms with Crippen molar-refractivity contribution in [2.24, 2.45) is 0 Å². The maximum absolute atomic E-state index is 12.4. The van der Waals surface area contributed by atoms with E-state index in [1.54, 1.807) is 0 Å². The molecule has 0 aliphatic carbocycles. The summed E-state index contributed by atoms with van der Waals surface area (Å²) in [7, 11) is -4.55. The molecule has 2 aromatic rings. The second-order valence-electron chi connectivity index (χ2n) is 6.21. The van der Waals surface area contributed by atoms with Gasteiger partial charge in [0.1, 0.15) is 11.4 Å². The normalized spacial score (nSPS) is 17.0. The molecule has 0 unspecified atom stereocenters. The fourth-order valence-electron chi connectivity index (χ4n) is 3.22. The lowest BCUT2D eigenvalue weighted by Crippen LogP contribution is -2.32. The maximum atomic E-state index is 12.4. The van der Waals surface area contributed by atoms with Crippen LogP contribution in [-0.2, 0) is 10.3 Å². The lowest BCUT2D eigenvalue weighted by molar-refractivity contribution is 0.212. The van der Waals surface area contributed by atoms with E-state index < -0.39 is 10.3 Å². The molecule has 0 atom stereocenters. The van der Waals surface area contributed by atoms with Gasteiger partial charge in [-0.3, -0.25) is 14.1 Å². The van der Waals surface area contributed by atoms with Gasteiger partial charge in [-0.2, -0.15) is 8.42 Å². The Hall–Kier alpha value is -2.10. The van der Waals surface area contributed by atoms with Crippen molar-refractivity contribution in [2.75, 3.05) is 30.1 Å². The van der Waals surface area contributed by atoms with Crippen LogP contribution in [0.4, 0.5) is 11.4 Å². The van der Waals surface area contributed by atoms with Crippen LogP contribution in [0.5, 0.6) is 0 Å². The van der Waals surface area contributed by atoms with Gasteiger partial charge in [-0.15, -0.1) is 0 Å². The Morgan fingerprint density at radius 1 is 1.36 bits per heavy atom. The molecule has 1 aromatic carbocycles. The first kappa shape index (κ1) is 17.7. The molecule has 0 saturated carbocycles. The van der Waals surface area contributed by atoms with Crippen LogP contribution in [0.2, 0.25) is 0 Å². The molecule has 1 saturated heterocycles. The third-order valence-electron chi connectivity index (χ3n) is 4.62. The first-order valence-electron chi connectivity index (χ1n) is 8.12. The molecule has 136 valence electrons. The Morgan fingerprint density at radius 2 is 2.04 bits per heavy atom. The fourth-order valence-corrected chi connectivity index (χ4v) is 3.69. The number of hydrogen-bond acceptors (Lipinski definition) is 6. The van der Waals surface area contributed by atoms with Crippen molar-refractivity contribution in [3.63, 3.8) is 0 Å². The van der Waals surface area contributed by atoms with Gasteiger partial charge in [-0.25, -0.2) is 0 Å². The molecule has 4 N–H and O–H groups in total. The highest BCUT2D eigenvalue weighted by Gasteiger charge is 2.24. The molecular formula is C16H21N3O5S. The number of benzene rings is 1. The van der Waals surface area contributed by atoms with E-state index in [-0.39, 0.29) is 33.7 Å². The van der Waals surface area contributed by atoms with Crippen LogP contribution in [0.25, 0.3) is 11.0 Å². The highest BCUT2D eigenvalue weighted by Crippen LogP contribution is 2.33. The monoisotopic (exact) mass is 367 g/mol. The first-order chi connectivity index (χ1) is 11.8. The SMILES string of the molecule is CCN1CCC(c2cc(=O)c3ccc(N)c(NS(=O)(=O)O)c3o2)CC1. The summed E-state index contributed by atoms with van der Waals surface area (Å²) < 4.78 is 39.3. The Balaban J connectivity index is 2.08. The summed E-state index contributed by atoms with van der Waals surface area (Å²) in [4.78, 5) is 14.8. The molecule has 1 aliphatic rings. The van der Waals surface area contributed by atoms with E-state index in [0.29, 0.717) is 5.76 Å². The molecule has 1 aliphatic heterocycles. The standard InChI is InChI=1S/C16H21N3O5S/c1-2-19-7-5-10(6-8-19)14-9-13(20)11-3-4-12(17)15(16(11)24-14)18-25(21,22)23/h3-4,9-10,18H,2,5-8,17H2,1H3,(H,21,22,23). The number of nitrogens with one attached hydrogen (secondary N) is 1. The minimum atomic E-state index is -4.55. The summed E-state index contributed by atoms with van der Waals surface area (Å²) in [6.07, 6.45) is 1.71. The summed E-state index contributed by atoms with van der Waals surface area (Å²) in [5.41, 5.74) is 5.51. The van der Waals surface area contributed by atoms with Crippen LogP contribution in [0, 0.1) is 0 Å². The van der Waals surface area contributed by atoms with Gasteiger partial charge >= 0.3 is 10.3 Å². The molecule has 9 heteroatoms. The number of likely N-dealkylation sites (tertiary alicyclic amines) is 1. The molecule has 25 heavy (non-hydrogen) atoms. The number of nitrogens with two attached hydrogens (primary N) is 1. The zero-order valence-corrected chi connectivity index (χ0v) is 14.7. The van der Waals surface area contributed by atoms with E-state index in [0.717, 1.165) is 32.5 Å². The minimum Gasteiger partial charge on any atom is -0.458 e. The summed E-state index contributed by atoms with van der Waals surface area (Å²) in [5.74, 6) is 0.595. The third kappa shape index (κ3) is 3.78. The molecule has 1 aromatic heterocycles. The van der Waals surface area contributed by atoms with E-state index in [1.165, 1.54) is 18.2 Å². The smallest absolute Gasteiger partial charge is 0.357 e. The molecule has 0 radical (unpaired) electrons. The first-order valence-corrected chi connectivity index (χ1v) is 9.56. The predicted molar refractivity (Wildman–Crippen MR) is 96.2 cm³/mol. The van der Waals surface area contributed by atoms with Gasteiger partial charge < -0.3 is 15.1 Å². The van der Waals surface area contributed by atoms with Gasteiger partial charge in [0.05, 0.1) is 11.1 Å². The van der Waals surface area contributed by atoms with Crippen molar-refractivity contribution < 1.29 is 17.4 Å². The van der Waals surface area contributed by atoms with Crippen molar-refractivity contribution in [1.29, 1.82) is 0 Å². The second-order valence-corrected chi connectivity index (χ2v) is 7.36. The number of fused-ring (bicyclic) bond motifs is 1. The molecule has 8 nitrogen and oxygen atoms in total. The number of hydrogen-bond donors (Lipinski definition) is 3. The van der Waals surface area contributed by atoms with Crippen LogP contribution in [0.15, 0.2) is 27.4 Å². The van der Waals surface area contributed by atoms with E-state index in [2.05, 4.69) is 11.8 Å². The lowest BCUT2D eigenvalue weighted by Gasteiger charge is -2.30. The number of nitrogens with zero attached hydrogens (tertiary/aromatic N) is 1. The van der Waals surface area contributed by atoms with Gasteiger partial charge in [0.25, 0.3) is 0 Å². The number of anilines is 2. The van der Waals surface area contributed by atoms with Crippen molar-refractivity contribution >= 4 is 32.6 Å². The van der Waals surface area contributed by atoms with E-state index in [4.69, 9.17) is 14.7 Å². The van der Waals surface area contributed by atoms with Gasteiger partial charge in [-0.05, 0) is 44.6 Å². The van der Waals surface area contributed by atoms with Crippen molar-refractivity contribution in [3.05, 3.63) is 34.2 Å². The van der Waals surface area contributed by atoms with Crippen LogP contribution in [0.3, 0.4) is 0 Å². The van der Waals surface area contributed by atoms with Gasteiger partial charge in [0.2, 0.25) is 0 Å². The Bertz CT molecular complexity index is 946. The number of nitrogen functional groups attached to an aromatic ring is 1. The van der Waals surface area contributed by atoms with Crippen LogP contribution < -0.4 is 15.9 Å². The van der Waals surface area contributed by atoms with Gasteiger partial charge in [-0.1, -0.05) is 6.92 Å². The maximum Gasteiger partial charge on any atom is 0.357 e. The lowest BCUT2D eigenvalue weighted by atomic mass is 9.93. The highest BCUT2D eigenvalue weighted by atomic mass is 32.2. The van der Waals surface area contributed by atoms with Crippen molar-refractivity contribution in [1.82, 2.24) is 4.90 Å². The summed E-state index contributed by atoms with van der Waals surface area (Å²) in [6.45, 7) is 4.91. The Kier molecular flexibility index (Phi) is 4.72. The van der Waals surface area contributed by atoms with Gasteiger partial charge in [0.15, 0.2) is 11.0 Å². The molecule has 2 heterocycles. The molecule has 0 bridgehead atoms. The van der Waals surface area contributed by atoms with Gasteiger partial charge in [0, 0.05) is 12.0 Å². The van der Waals surface area contributed by atoms with Crippen molar-refractivity contribution in [2.45, 2.75) is 25.7 Å². The average molecular weight is 367 g/mol. The quantitative estimate of drug-likeness (QED) is 0.555. The molecular weight excluding hydrogens is 346 g/mol. The second kappa shape index (κ2) is 6.66. The zero-order chi connectivity index (χ0) is 18.2. The van der Waals surface area contributed by atoms with E-state index in [1.807, 2.05) is 4.72 Å². The predicted octanol–water partition coefficient (Wildman–Crippen LogP) is 1.79. The van der Waals surface area contributed by atoms with Crippen LogP contribution in [0.1, 0.15) is 31.4 Å². The number of piperidine rings is 1. The Morgan fingerprint density at radius 3 is 2.64 bits per heavy atom. The average Bonchev–Trinajstić information content (AvgIpc) is 2.56. The fraction of sp³-hybridized carbons (Fsp3) is 0.438. The van der Waals surface area contributed by atoms with Crippen molar-refractivity contribution in [3.8, 4) is 0 Å². The van der Waals surface area contributed by atoms with E-state index in [9.17, 15) is 13.2 Å². The Labute approximate surface area is 145 Å². The summed E-state index contributed by atoms with van der Waals surface area (Å²) >= 11 is 0. The minimum absolute atomic E-state index is 0.0399. The largest absolute Gasteiger partial charge is 0.458 e.